The van der Waals surface area contributed by atoms with E-state index in [0.717, 1.165) is 27.8 Å². The smallest absolute Gasteiger partial charge is 0.133 e. The zero-order valence-corrected chi connectivity index (χ0v) is 10.7. The van der Waals surface area contributed by atoms with Gasteiger partial charge in [-0.05, 0) is 54.1 Å². The van der Waals surface area contributed by atoms with Gasteiger partial charge in [-0.3, -0.25) is 0 Å². The molecule has 0 aliphatic carbocycles. The number of benzene rings is 1. The molecule has 0 aromatic heterocycles. The first kappa shape index (κ1) is 11.6. The highest BCUT2D eigenvalue weighted by molar-refractivity contribution is 14.1. The highest BCUT2D eigenvalue weighted by atomic mass is 127. The second kappa shape index (κ2) is 5.44. The van der Waals surface area contributed by atoms with E-state index in [2.05, 4.69) is 36.4 Å². The normalized spacial score (nSPS) is 12.5. The number of hydrogen-bond donors (Lipinski definition) is 1. The fraction of sp³-hybridized carbons (Fsp3) is 0.455. The van der Waals surface area contributed by atoms with Gasteiger partial charge in [0.25, 0.3) is 0 Å². The van der Waals surface area contributed by atoms with Crippen LogP contribution in [0.2, 0.25) is 0 Å². The molecule has 0 fully saturated rings. The van der Waals surface area contributed by atoms with Gasteiger partial charge in [-0.15, -0.1) is 0 Å². The molecule has 0 saturated carbocycles. The number of rotatable bonds is 4. The molecule has 1 rings (SSSR count). The third-order valence-electron chi connectivity index (χ3n) is 1.98. The summed E-state index contributed by atoms with van der Waals surface area (Å²) in [5.41, 5.74) is 6.44. The molecular formula is C11H16INO. The lowest BCUT2D eigenvalue weighted by Crippen LogP contribution is -2.11. The van der Waals surface area contributed by atoms with Crippen molar-refractivity contribution < 1.29 is 4.74 Å². The Hall–Kier alpha value is -0.450. The predicted molar refractivity (Wildman–Crippen MR) is 68.6 cm³/mol. The van der Waals surface area contributed by atoms with E-state index in [1.165, 1.54) is 0 Å². The van der Waals surface area contributed by atoms with Crippen LogP contribution in [0, 0.1) is 3.57 Å². The number of anilines is 1. The van der Waals surface area contributed by atoms with Crippen molar-refractivity contribution in [1.82, 2.24) is 0 Å². The summed E-state index contributed by atoms with van der Waals surface area (Å²) in [7, 11) is 0. The van der Waals surface area contributed by atoms with E-state index in [1.807, 2.05) is 18.2 Å². The maximum atomic E-state index is 5.78. The Kier molecular flexibility index (Phi) is 4.51. The molecule has 0 heterocycles. The summed E-state index contributed by atoms with van der Waals surface area (Å²) >= 11 is 2.24. The van der Waals surface area contributed by atoms with E-state index in [1.54, 1.807) is 0 Å². The summed E-state index contributed by atoms with van der Waals surface area (Å²) < 4.78 is 6.85. The van der Waals surface area contributed by atoms with Crippen LogP contribution in [-0.4, -0.2) is 6.10 Å². The van der Waals surface area contributed by atoms with Crippen LogP contribution in [0.5, 0.6) is 5.75 Å². The molecule has 0 saturated heterocycles. The number of halogens is 1. The van der Waals surface area contributed by atoms with Crippen LogP contribution in [0.1, 0.15) is 26.7 Å². The molecule has 0 aliphatic heterocycles. The van der Waals surface area contributed by atoms with E-state index in [-0.39, 0.29) is 6.10 Å². The average Bonchev–Trinajstić information content (AvgIpc) is 2.10. The zero-order chi connectivity index (χ0) is 10.6. The highest BCUT2D eigenvalue weighted by Gasteiger charge is 2.05. The molecule has 0 spiro atoms. The minimum atomic E-state index is 0.275. The van der Waals surface area contributed by atoms with Crippen molar-refractivity contribution >= 4 is 28.3 Å². The van der Waals surface area contributed by atoms with Crippen LogP contribution in [0.3, 0.4) is 0 Å². The first-order valence-corrected chi connectivity index (χ1v) is 5.93. The summed E-state index contributed by atoms with van der Waals surface area (Å²) in [5.74, 6) is 0.931. The van der Waals surface area contributed by atoms with Gasteiger partial charge in [-0.1, -0.05) is 13.3 Å². The SMILES string of the molecule is CCCC(C)Oc1ccc(N)cc1I. The van der Waals surface area contributed by atoms with E-state index >= 15 is 0 Å². The molecule has 3 heteroatoms. The molecule has 2 N–H and O–H groups in total. The Bertz CT molecular complexity index is 301. The summed E-state index contributed by atoms with van der Waals surface area (Å²) in [5, 5.41) is 0. The Balaban J connectivity index is 2.67. The molecule has 0 amide bonds. The summed E-state index contributed by atoms with van der Waals surface area (Å²) in [6.45, 7) is 4.25. The average molecular weight is 305 g/mol. The van der Waals surface area contributed by atoms with Gasteiger partial charge in [0.05, 0.1) is 9.67 Å². The first-order valence-electron chi connectivity index (χ1n) is 4.85. The number of hydrogen-bond acceptors (Lipinski definition) is 2. The van der Waals surface area contributed by atoms with Gasteiger partial charge >= 0.3 is 0 Å². The second-order valence-corrected chi connectivity index (χ2v) is 4.57. The lowest BCUT2D eigenvalue weighted by atomic mass is 10.2. The van der Waals surface area contributed by atoms with Crippen LogP contribution < -0.4 is 10.5 Å². The van der Waals surface area contributed by atoms with Crippen molar-refractivity contribution in [2.75, 3.05) is 5.73 Å². The molecule has 1 atom stereocenters. The van der Waals surface area contributed by atoms with Crippen molar-refractivity contribution in [1.29, 1.82) is 0 Å². The lowest BCUT2D eigenvalue weighted by Gasteiger charge is -2.15. The topological polar surface area (TPSA) is 35.2 Å². The van der Waals surface area contributed by atoms with Crippen molar-refractivity contribution in [2.24, 2.45) is 0 Å². The lowest BCUT2D eigenvalue weighted by molar-refractivity contribution is 0.208. The minimum Gasteiger partial charge on any atom is -0.490 e. The Labute approximate surface area is 99.0 Å². The van der Waals surface area contributed by atoms with E-state index in [0.29, 0.717) is 0 Å². The molecule has 1 unspecified atom stereocenters. The molecule has 1 aromatic rings. The predicted octanol–water partition coefficient (Wildman–Crippen LogP) is 3.44. The standard InChI is InChI=1S/C11H16INO/c1-3-4-8(2)14-11-6-5-9(13)7-10(11)12/h5-8H,3-4,13H2,1-2H3. The molecule has 78 valence electrons. The van der Waals surface area contributed by atoms with E-state index < -0.39 is 0 Å². The van der Waals surface area contributed by atoms with Gasteiger partial charge in [-0.2, -0.15) is 0 Å². The van der Waals surface area contributed by atoms with Gasteiger partial charge < -0.3 is 10.5 Å². The van der Waals surface area contributed by atoms with Crippen molar-refractivity contribution in [3.05, 3.63) is 21.8 Å². The van der Waals surface area contributed by atoms with E-state index in [4.69, 9.17) is 10.5 Å². The Morgan fingerprint density at radius 3 is 2.79 bits per heavy atom. The Morgan fingerprint density at radius 2 is 2.21 bits per heavy atom. The van der Waals surface area contributed by atoms with Crippen LogP contribution in [0.15, 0.2) is 18.2 Å². The number of ether oxygens (including phenoxy) is 1. The van der Waals surface area contributed by atoms with Crippen LogP contribution in [0.25, 0.3) is 0 Å². The number of nitrogens with two attached hydrogens (primary N) is 1. The van der Waals surface area contributed by atoms with Crippen molar-refractivity contribution in [3.8, 4) is 5.75 Å². The summed E-state index contributed by atoms with van der Waals surface area (Å²) in [6.07, 6.45) is 2.50. The van der Waals surface area contributed by atoms with Gasteiger partial charge in [0, 0.05) is 5.69 Å². The molecule has 1 aromatic carbocycles. The molecule has 2 nitrogen and oxygen atoms in total. The minimum absolute atomic E-state index is 0.275. The monoisotopic (exact) mass is 305 g/mol. The van der Waals surface area contributed by atoms with Crippen LogP contribution in [0.4, 0.5) is 5.69 Å². The third-order valence-corrected chi connectivity index (χ3v) is 2.82. The van der Waals surface area contributed by atoms with Crippen LogP contribution in [-0.2, 0) is 0 Å². The first-order chi connectivity index (χ1) is 6.63. The maximum Gasteiger partial charge on any atom is 0.133 e. The van der Waals surface area contributed by atoms with Gasteiger partial charge in [-0.25, -0.2) is 0 Å². The molecule has 0 radical (unpaired) electrons. The third kappa shape index (κ3) is 3.36. The quantitative estimate of drug-likeness (QED) is 0.683. The largest absolute Gasteiger partial charge is 0.490 e. The molecule has 0 aliphatic rings. The number of nitrogen functional groups attached to an aromatic ring is 1. The highest BCUT2D eigenvalue weighted by Crippen LogP contribution is 2.24. The summed E-state index contributed by atoms with van der Waals surface area (Å²) in [4.78, 5) is 0. The fourth-order valence-electron chi connectivity index (χ4n) is 1.29. The van der Waals surface area contributed by atoms with Gasteiger partial charge in [0.2, 0.25) is 0 Å². The molecule has 0 bridgehead atoms. The van der Waals surface area contributed by atoms with Crippen molar-refractivity contribution in [2.45, 2.75) is 32.8 Å². The molecule has 14 heavy (non-hydrogen) atoms. The van der Waals surface area contributed by atoms with Gasteiger partial charge in [0.1, 0.15) is 5.75 Å². The van der Waals surface area contributed by atoms with Gasteiger partial charge in [0.15, 0.2) is 0 Å². The summed E-state index contributed by atoms with van der Waals surface area (Å²) in [6, 6.07) is 5.73. The van der Waals surface area contributed by atoms with Crippen molar-refractivity contribution in [3.63, 3.8) is 0 Å². The second-order valence-electron chi connectivity index (χ2n) is 3.41. The Morgan fingerprint density at radius 1 is 1.50 bits per heavy atom. The van der Waals surface area contributed by atoms with E-state index in [9.17, 15) is 0 Å². The maximum absolute atomic E-state index is 5.78. The molecular weight excluding hydrogens is 289 g/mol. The fourth-order valence-corrected chi connectivity index (χ4v) is 1.96. The zero-order valence-electron chi connectivity index (χ0n) is 8.59. The van der Waals surface area contributed by atoms with Crippen LogP contribution >= 0.6 is 22.6 Å².